The average molecular weight is 247 g/mol. The lowest BCUT2D eigenvalue weighted by Gasteiger charge is -2.10. The Balaban J connectivity index is 2.79. The van der Waals surface area contributed by atoms with Crippen molar-refractivity contribution in [3.63, 3.8) is 0 Å². The lowest BCUT2D eigenvalue weighted by molar-refractivity contribution is -0.138. The molecule has 0 radical (unpaired) electrons. The molecule has 0 fully saturated rings. The molecule has 0 aliphatic rings. The molecule has 17 heavy (non-hydrogen) atoms. The Morgan fingerprint density at radius 2 is 2.00 bits per heavy atom. The Hall–Kier alpha value is -1.66. The minimum Gasteiger partial charge on any atom is -0.215 e. The lowest BCUT2D eigenvalue weighted by Crippen LogP contribution is -2.12. The van der Waals surface area contributed by atoms with Crippen molar-refractivity contribution in [2.75, 3.05) is 0 Å². The SMILES string of the molecule is CCc1nc2c(F)cc(C(F)(F)F)c(C)n2n1. The number of alkyl halides is 3. The van der Waals surface area contributed by atoms with Gasteiger partial charge >= 0.3 is 6.18 Å². The van der Waals surface area contributed by atoms with Crippen molar-refractivity contribution < 1.29 is 17.6 Å². The van der Waals surface area contributed by atoms with Crippen LogP contribution in [0.5, 0.6) is 0 Å². The Bertz CT molecular complexity index is 571. The van der Waals surface area contributed by atoms with Gasteiger partial charge in [-0.2, -0.15) is 18.3 Å². The maximum Gasteiger partial charge on any atom is 0.418 e. The zero-order chi connectivity index (χ0) is 12.8. The normalized spacial score (nSPS) is 12.4. The van der Waals surface area contributed by atoms with Gasteiger partial charge in [0.2, 0.25) is 0 Å². The van der Waals surface area contributed by atoms with Crippen LogP contribution in [0.15, 0.2) is 6.07 Å². The number of halogens is 4. The van der Waals surface area contributed by atoms with Crippen LogP contribution < -0.4 is 0 Å². The van der Waals surface area contributed by atoms with Crippen LogP contribution in [0.25, 0.3) is 5.65 Å². The smallest absolute Gasteiger partial charge is 0.215 e. The number of hydrogen-bond acceptors (Lipinski definition) is 2. The van der Waals surface area contributed by atoms with Gasteiger partial charge in [0.25, 0.3) is 0 Å². The molecule has 0 unspecified atom stereocenters. The molecular formula is C10H9F4N3. The predicted molar refractivity (Wildman–Crippen MR) is 52.1 cm³/mol. The van der Waals surface area contributed by atoms with E-state index in [4.69, 9.17) is 0 Å². The van der Waals surface area contributed by atoms with E-state index in [1.165, 1.54) is 6.92 Å². The highest BCUT2D eigenvalue weighted by atomic mass is 19.4. The summed E-state index contributed by atoms with van der Waals surface area (Å²) in [7, 11) is 0. The third-order valence-corrected chi connectivity index (χ3v) is 2.46. The summed E-state index contributed by atoms with van der Waals surface area (Å²) in [5.74, 6) is -0.707. The van der Waals surface area contributed by atoms with Crippen molar-refractivity contribution in [2.24, 2.45) is 0 Å². The van der Waals surface area contributed by atoms with Gasteiger partial charge in [0.05, 0.1) is 11.3 Å². The van der Waals surface area contributed by atoms with E-state index in [1.807, 2.05) is 0 Å². The van der Waals surface area contributed by atoms with Crippen molar-refractivity contribution in [1.29, 1.82) is 0 Å². The van der Waals surface area contributed by atoms with E-state index in [0.29, 0.717) is 18.3 Å². The van der Waals surface area contributed by atoms with Gasteiger partial charge in [0.15, 0.2) is 17.3 Å². The zero-order valence-electron chi connectivity index (χ0n) is 9.14. The third-order valence-electron chi connectivity index (χ3n) is 2.46. The third kappa shape index (κ3) is 1.85. The summed E-state index contributed by atoms with van der Waals surface area (Å²) < 4.78 is 52.2. The number of nitrogens with zero attached hydrogens (tertiary/aromatic N) is 3. The Labute approximate surface area is 94.1 Å². The topological polar surface area (TPSA) is 30.2 Å². The van der Waals surface area contributed by atoms with Crippen molar-refractivity contribution >= 4 is 5.65 Å². The number of aromatic nitrogens is 3. The Morgan fingerprint density at radius 3 is 2.53 bits per heavy atom. The second kappa shape index (κ2) is 3.68. The van der Waals surface area contributed by atoms with Gasteiger partial charge in [-0.3, -0.25) is 0 Å². The van der Waals surface area contributed by atoms with Gasteiger partial charge in [0, 0.05) is 6.42 Å². The highest BCUT2D eigenvalue weighted by Gasteiger charge is 2.35. The number of rotatable bonds is 1. The summed E-state index contributed by atoms with van der Waals surface area (Å²) >= 11 is 0. The van der Waals surface area contributed by atoms with Crippen molar-refractivity contribution in [1.82, 2.24) is 14.6 Å². The minimum absolute atomic E-state index is 0.166. The van der Waals surface area contributed by atoms with Gasteiger partial charge < -0.3 is 0 Å². The molecule has 0 spiro atoms. The van der Waals surface area contributed by atoms with Crippen molar-refractivity contribution in [2.45, 2.75) is 26.4 Å². The molecule has 0 aliphatic heterocycles. The maximum atomic E-state index is 13.5. The molecule has 0 atom stereocenters. The van der Waals surface area contributed by atoms with Crippen LogP contribution in [-0.2, 0) is 12.6 Å². The van der Waals surface area contributed by atoms with Gasteiger partial charge in [-0.15, -0.1) is 0 Å². The summed E-state index contributed by atoms with van der Waals surface area (Å²) in [6, 6.07) is 0.457. The predicted octanol–water partition coefficient (Wildman–Crippen LogP) is 2.76. The zero-order valence-corrected chi connectivity index (χ0v) is 9.14. The first-order valence-corrected chi connectivity index (χ1v) is 4.96. The molecule has 0 aliphatic carbocycles. The summed E-state index contributed by atoms with van der Waals surface area (Å²) in [4.78, 5) is 3.82. The first kappa shape index (κ1) is 11.8. The lowest BCUT2D eigenvalue weighted by atomic mass is 10.2. The molecule has 0 N–H and O–H groups in total. The molecule has 2 rings (SSSR count). The largest absolute Gasteiger partial charge is 0.418 e. The molecule has 2 aromatic rings. The van der Waals surface area contributed by atoms with Crippen LogP contribution in [-0.4, -0.2) is 14.6 Å². The van der Waals surface area contributed by atoms with Crippen molar-refractivity contribution in [3.8, 4) is 0 Å². The van der Waals surface area contributed by atoms with Gasteiger partial charge in [-0.25, -0.2) is 13.9 Å². The molecule has 2 aromatic heterocycles. The fourth-order valence-electron chi connectivity index (χ4n) is 1.59. The van der Waals surface area contributed by atoms with E-state index >= 15 is 0 Å². The fraction of sp³-hybridized carbons (Fsp3) is 0.400. The van der Waals surface area contributed by atoms with Crippen molar-refractivity contribution in [3.05, 3.63) is 29.0 Å². The Kier molecular flexibility index (Phi) is 2.56. The van der Waals surface area contributed by atoms with E-state index in [-0.39, 0.29) is 11.3 Å². The van der Waals surface area contributed by atoms with E-state index < -0.39 is 17.6 Å². The molecule has 0 saturated heterocycles. The monoisotopic (exact) mass is 247 g/mol. The van der Waals surface area contributed by atoms with E-state index in [0.717, 1.165) is 4.52 Å². The molecule has 0 amide bonds. The summed E-state index contributed by atoms with van der Waals surface area (Å²) in [6.45, 7) is 2.98. The van der Waals surface area contributed by atoms with Crippen LogP contribution in [0.3, 0.4) is 0 Å². The van der Waals surface area contributed by atoms with Gasteiger partial charge in [-0.1, -0.05) is 6.92 Å². The van der Waals surface area contributed by atoms with Crippen LogP contribution in [0, 0.1) is 12.7 Å². The molecule has 2 heterocycles. The molecule has 92 valence electrons. The molecular weight excluding hydrogens is 238 g/mol. The van der Waals surface area contributed by atoms with Crippen LogP contribution in [0.1, 0.15) is 24.0 Å². The van der Waals surface area contributed by atoms with E-state index in [1.54, 1.807) is 6.92 Å². The summed E-state index contributed by atoms with van der Waals surface area (Å²) in [6.07, 6.45) is -4.17. The second-order valence-electron chi connectivity index (χ2n) is 3.61. The minimum atomic E-state index is -4.60. The number of pyridine rings is 1. The number of aryl methyl sites for hydroxylation is 2. The van der Waals surface area contributed by atoms with Crippen LogP contribution >= 0.6 is 0 Å². The quantitative estimate of drug-likeness (QED) is 0.725. The van der Waals surface area contributed by atoms with E-state index in [9.17, 15) is 17.6 Å². The van der Waals surface area contributed by atoms with Crippen LogP contribution in [0.2, 0.25) is 0 Å². The molecule has 0 aromatic carbocycles. The second-order valence-corrected chi connectivity index (χ2v) is 3.61. The number of hydrogen-bond donors (Lipinski definition) is 0. The standard InChI is InChI=1S/C10H9F4N3/c1-3-8-15-9-7(11)4-6(10(12,13)14)5(2)17(9)16-8/h4H,3H2,1-2H3. The first-order valence-electron chi connectivity index (χ1n) is 4.96. The average Bonchev–Trinajstić information content (AvgIpc) is 2.66. The first-order chi connectivity index (χ1) is 7.84. The summed E-state index contributed by atoms with van der Waals surface area (Å²) in [5.41, 5.74) is -1.37. The highest BCUT2D eigenvalue weighted by Crippen LogP contribution is 2.32. The molecule has 7 heteroatoms. The maximum absolute atomic E-state index is 13.5. The molecule has 0 bridgehead atoms. The van der Waals surface area contributed by atoms with Gasteiger partial charge in [0.1, 0.15) is 0 Å². The Morgan fingerprint density at radius 1 is 1.35 bits per heavy atom. The molecule has 0 saturated carbocycles. The number of fused-ring (bicyclic) bond motifs is 1. The fourth-order valence-corrected chi connectivity index (χ4v) is 1.59. The summed E-state index contributed by atoms with van der Waals surface area (Å²) in [5, 5.41) is 3.83. The highest BCUT2D eigenvalue weighted by molar-refractivity contribution is 5.44. The van der Waals surface area contributed by atoms with E-state index in [2.05, 4.69) is 10.1 Å². The molecule has 3 nitrogen and oxygen atoms in total. The van der Waals surface area contributed by atoms with Crippen LogP contribution in [0.4, 0.5) is 17.6 Å². The van der Waals surface area contributed by atoms with Gasteiger partial charge in [-0.05, 0) is 13.0 Å².